The van der Waals surface area contributed by atoms with Crippen molar-refractivity contribution in [1.29, 1.82) is 0 Å². The summed E-state index contributed by atoms with van der Waals surface area (Å²) in [5.41, 5.74) is -0.575. The molecule has 1 N–H and O–H groups in total. The van der Waals surface area contributed by atoms with E-state index in [1.807, 2.05) is 16.7 Å². The van der Waals surface area contributed by atoms with Crippen molar-refractivity contribution in [2.45, 2.75) is 32.9 Å². The molecule has 3 aromatic rings. The third-order valence-corrected chi connectivity index (χ3v) is 8.25. The summed E-state index contributed by atoms with van der Waals surface area (Å²) in [4.78, 5) is 29.9. The highest BCUT2D eigenvalue weighted by Gasteiger charge is 2.35. The van der Waals surface area contributed by atoms with Gasteiger partial charge in [-0.2, -0.15) is 4.98 Å². The van der Waals surface area contributed by atoms with Crippen LogP contribution in [0, 0.1) is 11.6 Å². The predicted molar refractivity (Wildman–Crippen MR) is 154 cm³/mol. The zero-order chi connectivity index (χ0) is 28.7. The van der Waals surface area contributed by atoms with Crippen LogP contribution in [0.1, 0.15) is 20.8 Å². The van der Waals surface area contributed by atoms with Crippen LogP contribution in [0.15, 0.2) is 36.9 Å². The lowest BCUT2D eigenvalue weighted by Gasteiger charge is -2.45. The highest BCUT2D eigenvalue weighted by Crippen LogP contribution is 2.43. The number of aromatic hydroxyl groups is 1. The molecule has 0 saturated carbocycles. The van der Waals surface area contributed by atoms with Crippen molar-refractivity contribution >= 4 is 40.2 Å². The molecule has 8 nitrogen and oxygen atoms in total. The van der Waals surface area contributed by atoms with E-state index in [0.717, 1.165) is 19.2 Å². The predicted octanol–water partition coefficient (Wildman–Crippen LogP) is 4.69. The number of aromatic nitrogens is 2. The Hall–Kier alpha value is -3.50. The molecule has 2 aliphatic rings. The largest absolute Gasteiger partial charge is 0.507 e. The van der Waals surface area contributed by atoms with E-state index in [9.17, 15) is 14.3 Å². The van der Waals surface area contributed by atoms with Crippen LogP contribution in [0.3, 0.4) is 0 Å². The van der Waals surface area contributed by atoms with Gasteiger partial charge >= 0.3 is 0 Å². The smallest absolute Gasteiger partial charge is 0.246 e. The number of nitrogens with zero attached hydrogens (tertiary/aromatic N) is 6. The lowest BCUT2D eigenvalue weighted by atomic mass is 10.0. The maximum atomic E-state index is 16.4. The fourth-order valence-electron chi connectivity index (χ4n) is 5.71. The van der Waals surface area contributed by atoms with Crippen molar-refractivity contribution in [1.82, 2.24) is 19.8 Å². The number of amides is 1. The Balaban J connectivity index is 1.64. The average Bonchev–Trinajstić information content (AvgIpc) is 2.91. The quantitative estimate of drug-likeness (QED) is 0.413. The molecule has 2 saturated heterocycles. The maximum Gasteiger partial charge on any atom is 0.246 e. The molecule has 3 heterocycles. The second-order valence-corrected chi connectivity index (χ2v) is 10.6. The summed E-state index contributed by atoms with van der Waals surface area (Å²) < 4.78 is 31.2. The van der Waals surface area contributed by atoms with Crippen LogP contribution in [0.5, 0.6) is 5.75 Å². The van der Waals surface area contributed by atoms with Crippen LogP contribution < -0.4 is 9.80 Å². The van der Waals surface area contributed by atoms with Crippen molar-refractivity contribution in [3.63, 3.8) is 0 Å². The average molecular weight is 571 g/mol. The summed E-state index contributed by atoms with van der Waals surface area (Å²) >= 11 is 6.57. The fraction of sp³-hybridized carbons (Fsp3) is 0.414. The number of piperazine rings is 1. The number of benzene rings is 2. The number of likely N-dealkylation sites (N-methyl/N-ethyl adjacent to an activating group) is 1. The van der Waals surface area contributed by atoms with E-state index < -0.39 is 17.4 Å². The van der Waals surface area contributed by atoms with Crippen LogP contribution in [0.25, 0.3) is 22.0 Å². The van der Waals surface area contributed by atoms with E-state index in [1.54, 1.807) is 4.90 Å². The van der Waals surface area contributed by atoms with Crippen LogP contribution in [-0.4, -0.2) is 88.7 Å². The highest BCUT2D eigenvalue weighted by atomic mass is 35.5. The van der Waals surface area contributed by atoms with Gasteiger partial charge in [-0.15, -0.1) is 0 Å². The van der Waals surface area contributed by atoms with Gasteiger partial charge in [-0.3, -0.25) is 9.69 Å². The highest BCUT2D eigenvalue weighted by molar-refractivity contribution is 6.34. The number of rotatable bonds is 7. The van der Waals surface area contributed by atoms with Crippen molar-refractivity contribution in [2.24, 2.45) is 0 Å². The third-order valence-electron chi connectivity index (χ3n) is 7.95. The van der Waals surface area contributed by atoms with Crippen LogP contribution in [0.2, 0.25) is 5.02 Å². The Labute approximate surface area is 237 Å². The van der Waals surface area contributed by atoms with Crippen molar-refractivity contribution in [3.8, 4) is 16.9 Å². The van der Waals surface area contributed by atoms with E-state index in [4.69, 9.17) is 16.6 Å². The van der Waals surface area contributed by atoms with Crippen molar-refractivity contribution in [2.75, 3.05) is 55.6 Å². The second kappa shape index (κ2) is 11.2. The Bertz CT molecular complexity index is 1440. The fourth-order valence-corrected chi connectivity index (χ4v) is 6.00. The Morgan fingerprint density at radius 2 is 1.90 bits per heavy atom. The summed E-state index contributed by atoms with van der Waals surface area (Å²) in [5, 5.41) is 10.7. The molecule has 5 rings (SSSR count). The number of halogens is 3. The molecule has 0 unspecified atom stereocenters. The van der Waals surface area contributed by atoms with Gasteiger partial charge in [0.15, 0.2) is 5.82 Å². The molecule has 2 aromatic carbocycles. The summed E-state index contributed by atoms with van der Waals surface area (Å²) in [5.74, 6) is -1.33. The van der Waals surface area contributed by atoms with Crippen LogP contribution in [-0.2, 0) is 4.79 Å². The SMILES string of the molecule is C=CC(=O)N1CCN(c2nc(N3CC(N(CC)CC)C3)nc3c(F)c(-c4c(O)cccc4F)c(Cl)cc23)[C@@H](C)C1. The molecule has 212 valence electrons. The Morgan fingerprint density at radius 3 is 2.52 bits per heavy atom. The van der Waals surface area contributed by atoms with Gasteiger partial charge in [-0.25, -0.2) is 13.8 Å². The molecule has 11 heteroatoms. The van der Waals surface area contributed by atoms with Gasteiger partial charge in [0, 0.05) is 55.8 Å². The molecule has 40 heavy (non-hydrogen) atoms. The van der Waals surface area contributed by atoms with Gasteiger partial charge in [0.1, 0.15) is 22.9 Å². The zero-order valence-electron chi connectivity index (χ0n) is 22.9. The van der Waals surface area contributed by atoms with Gasteiger partial charge in [0.2, 0.25) is 11.9 Å². The van der Waals surface area contributed by atoms with Crippen molar-refractivity contribution in [3.05, 3.63) is 53.6 Å². The minimum atomic E-state index is -0.832. The molecule has 1 atom stereocenters. The normalized spacial score (nSPS) is 18.0. The first-order valence-corrected chi connectivity index (χ1v) is 13.9. The molecule has 0 radical (unpaired) electrons. The second-order valence-electron chi connectivity index (χ2n) is 10.2. The van der Waals surface area contributed by atoms with Gasteiger partial charge in [-0.1, -0.05) is 38.1 Å². The molecule has 0 spiro atoms. The molecule has 0 bridgehead atoms. The summed E-state index contributed by atoms with van der Waals surface area (Å²) in [7, 11) is 0. The molecule has 1 amide bonds. The van der Waals surface area contributed by atoms with Gasteiger partial charge in [0.05, 0.1) is 10.6 Å². The molecular formula is C29H33ClF2N6O2. The van der Waals surface area contributed by atoms with Crippen LogP contribution >= 0.6 is 11.6 Å². The van der Waals surface area contributed by atoms with E-state index in [0.29, 0.717) is 55.9 Å². The zero-order valence-corrected chi connectivity index (χ0v) is 23.6. The summed E-state index contributed by atoms with van der Waals surface area (Å²) in [6.45, 7) is 14.4. The standard InChI is InChI=1S/C29H33ClF2N6O2/c1-5-23(40)36-11-12-38(17(4)14-36)28-19-13-20(30)24(25-21(31)9-8-10-22(25)39)26(32)27(19)33-29(34-28)37-15-18(16-37)35(6-2)7-3/h5,8-10,13,17-18,39H,1,6-7,11-12,14-16H2,2-4H3/t17-/m0/s1. The van der Waals surface area contributed by atoms with E-state index in [2.05, 4.69) is 30.3 Å². The minimum Gasteiger partial charge on any atom is -0.507 e. The topological polar surface area (TPSA) is 76.0 Å². The first-order chi connectivity index (χ1) is 19.2. The van der Waals surface area contributed by atoms with E-state index >= 15 is 4.39 Å². The lowest BCUT2D eigenvalue weighted by molar-refractivity contribution is -0.126. The summed E-state index contributed by atoms with van der Waals surface area (Å²) in [6, 6.07) is 5.50. The Morgan fingerprint density at radius 1 is 1.18 bits per heavy atom. The van der Waals surface area contributed by atoms with Crippen molar-refractivity contribution < 1.29 is 18.7 Å². The number of carbonyl (C=O) groups is 1. The number of carbonyl (C=O) groups excluding carboxylic acids is 1. The maximum absolute atomic E-state index is 16.4. The van der Waals surface area contributed by atoms with Gasteiger partial charge in [0.25, 0.3) is 0 Å². The summed E-state index contributed by atoms with van der Waals surface area (Å²) in [6.07, 6.45) is 1.30. The molecule has 2 aliphatic heterocycles. The van der Waals surface area contributed by atoms with E-state index in [1.165, 1.54) is 24.3 Å². The lowest BCUT2D eigenvalue weighted by Crippen LogP contribution is -2.60. The number of anilines is 2. The van der Waals surface area contributed by atoms with Crippen LogP contribution in [0.4, 0.5) is 20.5 Å². The first-order valence-electron chi connectivity index (χ1n) is 13.5. The van der Waals surface area contributed by atoms with Gasteiger partial charge < -0.3 is 19.8 Å². The number of fused-ring (bicyclic) bond motifs is 1. The monoisotopic (exact) mass is 570 g/mol. The first kappa shape index (κ1) is 28.0. The molecule has 1 aromatic heterocycles. The number of phenolic OH excluding ortho intramolecular Hbond substituents is 1. The number of phenols is 1. The molecule has 2 fully saturated rings. The van der Waals surface area contributed by atoms with E-state index in [-0.39, 0.29) is 33.6 Å². The third kappa shape index (κ3) is 4.83. The number of hydrogen-bond donors (Lipinski definition) is 1. The molecule has 0 aliphatic carbocycles. The minimum absolute atomic E-state index is 0.00913. The Kier molecular flexibility index (Phi) is 7.83. The van der Waals surface area contributed by atoms with Gasteiger partial charge in [-0.05, 0) is 44.3 Å². The number of hydrogen-bond acceptors (Lipinski definition) is 7. The molecular weight excluding hydrogens is 538 g/mol.